The number of aliphatic carboxylic acids is 1. The zero-order chi connectivity index (χ0) is 31.0. The largest absolute Gasteiger partial charge is 0.481 e. The minimum atomic E-state index is -0.964. The summed E-state index contributed by atoms with van der Waals surface area (Å²) in [4.78, 5) is 41.8. The van der Waals surface area contributed by atoms with Gasteiger partial charge >= 0.3 is 12.0 Å². The van der Waals surface area contributed by atoms with E-state index in [1.54, 1.807) is 4.90 Å². The molecule has 0 saturated carbocycles. The number of nitrogens with zero attached hydrogens (tertiary/aromatic N) is 1. The molecule has 0 saturated heterocycles. The first-order chi connectivity index (χ1) is 20.8. The maximum atomic E-state index is 13.9. The molecule has 0 fully saturated rings. The zero-order valence-corrected chi connectivity index (χ0v) is 26.3. The number of carbonyl (C=O) groups excluding carboxylic acids is 2. The van der Waals surface area contributed by atoms with Gasteiger partial charge in [0.15, 0.2) is 0 Å². The van der Waals surface area contributed by atoms with E-state index in [-0.39, 0.29) is 12.3 Å². The van der Waals surface area contributed by atoms with Gasteiger partial charge in [0, 0.05) is 30.2 Å². The minimum Gasteiger partial charge on any atom is -0.481 e. The minimum absolute atomic E-state index is 0.181. The van der Waals surface area contributed by atoms with E-state index in [0.29, 0.717) is 37.6 Å². The second-order valence-corrected chi connectivity index (χ2v) is 12.3. The van der Waals surface area contributed by atoms with E-state index in [9.17, 15) is 19.5 Å². The van der Waals surface area contributed by atoms with Crippen LogP contribution >= 0.6 is 11.8 Å². The van der Waals surface area contributed by atoms with Crippen LogP contribution < -0.4 is 10.6 Å². The predicted molar refractivity (Wildman–Crippen MR) is 175 cm³/mol. The molecule has 0 radical (unpaired) electrons. The summed E-state index contributed by atoms with van der Waals surface area (Å²) in [6.07, 6.45) is 2.64. The van der Waals surface area contributed by atoms with Crippen LogP contribution in [0.15, 0.2) is 89.8 Å². The molecule has 0 bridgehead atoms. The quantitative estimate of drug-likeness (QED) is 0.115. The van der Waals surface area contributed by atoms with Gasteiger partial charge in [0.25, 0.3) is 0 Å². The van der Waals surface area contributed by atoms with E-state index in [2.05, 4.69) is 43.5 Å². The van der Waals surface area contributed by atoms with Crippen LogP contribution in [0.3, 0.4) is 0 Å². The number of unbranched alkanes of at least 4 members (excludes halogenated alkanes) is 1. The number of benzene rings is 3. The normalized spacial score (nSPS) is 12.4. The Balaban J connectivity index is 1.82. The highest BCUT2D eigenvalue weighted by molar-refractivity contribution is 7.99. The van der Waals surface area contributed by atoms with Gasteiger partial charge in [0.2, 0.25) is 5.91 Å². The van der Waals surface area contributed by atoms with Crippen molar-refractivity contribution in [2.24, 2.45) is 5.92 Å². The Hall–Kier alpha value is -3.78. The first-order valence-electron chi connectivity index (χ1n) is 15.2. The number of urea groups is 1. The van der Waals surface area contributed by atoms with Crippen LogP contribution in [0.25, 0.3) is 11.1 Å². The predicted octanol–water partition coefficient (Wildman–Crippen LogP) is 6.87. The van der Waals surface area contributed by atoms with Gasteiger partial charge in [-0.3, -0.25) is 9.59 Å². The van der Waals surface area contributed by atoms with Crippen molar-refractivity contribution in [2.75, 3.05) is 18.8 Å². The highest BCUT2D eigenvalue weighted by Gasteiger charge is 2.30. The molecule has 2 atom stereocenters. The lowest BCUT2D eigenvalue weighted by molar-refractivity contribution is -0.138. The van der Waals surface area contributed by atoms with Crippen LogP contribution in [0.2, 0.25) is 0 Å². The highest BCUT2D eigenvalue weighted by Crippen LogP contribution is 2.23. The molecule has 3 aromatic carbocycles. The lowest BCUT2D eigenvalue weighted by Crippen LogP contribution is -2.55. The van der Waals surface area contributed by atoms with Gasteiger partial charge in [0.05, 0.1) is 12.5 Å². The fourth-order valence-corrected chi connectivity index (χ4v) is 5.70. The number of rotatable bonds is 17. The third kappa shape index (κ3) is 11.8. The molecule has 0 aliphatic rings. The zero-order valence-electron chi connectivity index (χ0n) is 25.5. The summed E-state index contributed by atoms with van der Waals surface area (Å²) in [5.41, 5.74) is 3.10. The van der Waals surface area contributed by atoms with Gasteiger partial charge in [-0.2, -0.15) is 0 Å². The van der Waals surface area contributed by atoms with Gasteiger partial charge in [-0.05, 0) is 47.6 Å². The van der Waals surface area contributed by atoms with Crippen molar-refractivity contribution in [1.82, 2.24) is 15.5 Å². The summed E-state index contributed by atoms with van der Waals surface area (Å²) >= 11 is 1.53. The molecular formula is C35H45N3O4S. The summed E-state index contributed by atoms with van der Waals surface area (Å²) in [5, 5.41) is 15.7. The molecule has 43 heavy (non-hydrogen) atoms. The molecule has 0 aliphatic carbocycles. The molecule has 3 amide bonds. The van der Waals surface area contributed by atoms with Gasteiger partial charge in [-0.15, -0.1) is 11.8 Å². The number of hydrogen-bond donors (Lipinski definition) is 3. The standard InChI is InChI=1S/C35H45N3O4S/c1-4-5-21-36-34(41)32(23-27-16-18-29(19-17-27)28-12-8-6-9-13-28)37-35(42)38(22-20-26(2)3)30(24-33(39)40)25-43-31-14-10-7-11-15-31/h6-19,26,30,32H,4-5,20-25H2,1-3H3,(H,36,41)(H,37,42)(H,39,40)/t30-,32-/m0/s1. The molecule has 7 nitrogen and oxygen atoms in total. The summed E-state index contributed by atoms with van der Waals surface area (Å²) in [6.45, 7) is 7.13. The fraction of sp³-hybridized carbons (Fsp3) is 0.400. The van der Waals surface area contributed by atoms with E-state index < -0.39 is 24.1 Å². The first kappa shape index (κ1) is 33.7. The van der Waals surface area contributed by atoms with E-state index >= 15 is 0 Å². The molecular weight excluding hydrogens is 558 g/mol. The topological polar surface area (TPSA) is 98.7 Å². The number of carboxylic acid groups (broad SMARTS) is 1. The summed E-state index contributed by atoms with van der Waals surface area (Å²) in [5.74, 6) is -0.464. The van der Waals surface area contributed by atoms with Gasteiger partial charge in [-0.25, -0.2) is 4.79 Å². The van der Waals surface area contributed by atoms with Crippen LogP contribution in [0.1, 0.15) is 52.0 Å². The highest BCUT2D eigenvalue weighted by atomic mass is 32.2. The monoisotopic (exact) mass is 603 g/mol. The van der Waals surface area contributed by atoms with Crippen molar-refractivity contribution >= 4 is 29.7 Å². The van der Waals surface area contributed by atoms with Crippen LogP contribution in [0, 0.1) is 5.92 Å². The van der Waals surface area contributed by atoms with E-state index in [0.717, 1.165) is 34.4 Å². The summed E-state index contributed by atoms with van der Waals surface area (Å²) < 4.78 is 0. The molecule has 0 heterocycles. The van der Waals surface area contributed by atoms with Crippen molar-refractivity contribution < 1.29 is 19.5 Å². The average Bonchev–Trinajstić information content (AvgIpc) is 3.00. The first-order valence-corrected chi connectivity index (χ1v) is 16.1. The van der Waals surface area contributed by atoms with Crippen molar-refractivity contribution in [3.63, 3.8) is 0 Å². The van der Waals surface area contributed by atoms with Gasteiger partial charge in [0.1, 0.15) is 6.04 Å². The van der Waals surface area contributed by atoms with E-state index in [1.165, 1.54) is 11.8 Å². The third-order valence-corrected chi connectivity index (χ3v) is 8.35. The number of hydrogen-bond acceptors (Lipinski definition) is 4. The molecule has 8 heteroatoms. The fourth-order valence-electron chi connectivity index (χ4n) is 4.67. The van der Waals surface area contributed by atoms with Gasteiger partial charge < -0.3 is 20.6 Å². The van der Waals surface area contributed by atoms with Crippen LogP contribution in [0.5, 0.6) is 0 Å². The maximum absolute atomic E-state index is 13.9. The maximum Gasteiger partial charge on any atom is 0.318 e. The number of amides is 3. The van der Waals surface area contributed by atoms with E-state index in [1.807, 2.05) is 72.8 Å². The number of carboxylic acids is 1. The Morgan fingerprint density at radius 1 is 0.884 bits per heavy atom. The van der Waals surface area contributed by atoms with Crippen molar-refractivity contribution in [1.29, 1.82) is 0 Å². The van der Waals surface area contributed by atoms with Crippen molar-refractivity contribution in [3.8, 4) is 11.1 Å². The molecule has 230 valence electrons. The number of carbonyl (C=O) groups is 3. The Labute approximate surface area is 260 Å². The molecule has 0 spiro atoms. The van der Waals surface area contributed by atoms with Crippen molar-refractivity contribution in [3.05, 3.63) is 90.5 Å². The lowest BCUT2D eigenvalue weighted by atomic mass is 10.00. The molecule has 3 rings (SSSR count). The summed E-state index contributed by atoms with van der Waals surface area (Å²) in [6, 6.07) is 26.1. The second-order valence-electron chi connectivity index (χ2n) is 11.2. The Morgan fingerprint density at radius 3 is 2.12 bits per heavy atom. The number of thioether (sulfide) groups is 1. The smallest absolute Gasteiger partial charge is 0.318 e. The van der Waals surface area contributed by atoms with Crippen LogP contribution in [0.4, 0.5) is 4.79 Å². The van der Waals surface area contributed by atoms with E-state index in [4.69, 9.17) is 0 Å². The van der Waals surface area contributed by atoms with Gasteiger partial charge in [-0.1, -0.05) is 100.0 Å². The molecule has 0 aliphatic heterocycles. The molecule has 3 aromatic rings. The SMILES string of the molecule is CCCCNC(=O)[C@H](Cc1ccc(-c2ccccc2)cc1)NC(=O)N(CCC(C)C)[C@H](CSc1ccccc1)CC(=O)O. The number of nitrogens with one attached hydrogen (secondary N) is 2. The van der Waals surface area contributed by atoms with Crippen molar-refractivity contribution in [2.45, 2.75) is 69.9 Å². The Bertz CT molecular complexity index is 1270. The third-order valence-electron chi connectivity index (χ3n) is 7.19. The second kappa shape index (κ2) is 18.0. The van der Waals surface area contributed by atoms with Crippen LogP contribution in [-0.2, 0) is 16.0 Å². The molecule has 3 N–H and O–H groups in total. The van der Waals surface area contributed by atoms with Crippen LogP contribution in [-0.4, -0.2) is 58.8 Å². The molecule has 0 aromatic heterocycles. The summed E-state index contributed by atoms with van der Waals surface area (Å²) in [7, 11) is 0. The Morgan fingerprint density at radius 2 is 1.51 bits per heavy atom. The average molecular weight is 604 g/mol. The Kier molecular flexibility index (Phi) is 14.1. The lowest BCUT2D eigenvalue weighted by Gasteiger charge is -2.33. The molecule has 0 unspecified atom stereocenters.